The van der Waals surface area contributed by atoms with Crippen molar-refractivity contribution in [2.75, 3.05) is 25.7 Å². The lowest BCUT2D eigenvalue weighted by Crippen LogP contribution is -2.38. The molecular weight excluding hydrogens is 172 g/mol. The minimum atomic E-state index is 0.0987. The van der Waals surface area contributed by atoms with Crippen molar-refractivity contribution in [3.05, 3.63) is 0 Å². The van der Waals surface area contributed by atoms with Gasteiger partial charge in [0.25, 0.3) is 0 Å². The van der Waals surface area contributed by atoms with Gasteiger partial charge in [0.15, 0.2) is 0 Å². The van der Waals surface area contributed by atoms with Crippen LogP contribution in [0.15, 0.2) is 0 Å². The zero-order valence-electron chi connectivity index (χ0n) is 8.26. The second-order valence-electron chi connectivity index (χ2n) is 3.15. The van der Waals surface area contributed by atoms with Crippen molar-refractivity contribution in [1.29, 1.82) is 0 Å². The molecule has 0 saturated heterocycles. The average Bonchev–Trinajstić information content (AvgIpc) is 1.84. The molecule has 0 rings (SSSR count). The smallest absolute Gasteiger partial charge is 0.234 e. The molecule has 0 atom stereocenters. The van der Waals surface area contributed by atoms with Crippen LogP contribution in [0.1, 0.15) is 13.8 Å². The molecule has 0 aliphatic heterocycles. The van der Waals surface area contributed by atoms with E-state index in [1.165, 1.54) is 0 Å². The van der Waals surface area contributed by atoms with Gasteiger partial charge in [-0.1, -0.05) is 0 Å². The van der Waals surface area contributed by atoms with Gasteiger partial charge in [0.2, 0.25) is 5.91 Å². The number of carbonyl (C=O) groups excluding carboxylic acids is 1. The van der Waals surface area contributed by atoms with Crippen LogP contribution in [0.4, 0.5) is 0 Å². The van der Waals surface area contributed by atoms with Gasteiger partial charge in [0, 0.05) is 11.9 Å². The fraction of sp³-hybridized carbons (Fsp3) is 0.875. The Kier molecular flexibility index (Phi) is 6.20. The minimum absolute atomic E-state index is 0.0987. The zero-order valence-corrected chi connectivity index (χ0v) is 9.07. The molecule has 0 heterocycles. The number of hydrogen-bond acceptors (Lipinski definition) is 3. The predicted octanol–water partition coefficient (Wildman–Crippen LogP) is 0.763. The largest absolute Gasteiger partial charge is 0.353 e. The van der Waals surface area contributed by atoms with E-state index >= 15 is 0 Å². The third-order valence-electron chi connectivity index (χ3n) is 1.21. The molecule has 0 bridgehead atoms. The number of rotatable bonds is 5. The standard InChI is InChI=1S/C8H18N2OS/c1-7(2)9-8(11)5-10(3)6-12-4/h7H,5-6H2,1-4H3,(H,9,11). The summed E-state index contributed by atoms with van der Waals surface area (Å²) < 4.78 is 0. The molecule has 72 valence electrons. The number of nitrogens with one attached hydrogen (secondary N) is 1. The van der Waals surface area contributed by atoms with E-state index in [0.717, 1.165) is 5.88 Å². The van der Waals surface area contributed by atoms with E-state index in [1.807, 2.05) is 32.1 Å². The molecule has 1 amide bonds. The Morgan fingerprint density at radius 2 is 2.17 bits per heavy atom. The van der Waals surface area contributed by atoms with Gasteiger partial charge in [0.05, 0.1) is 6.54 Å². The van der Waals surface area contributed by atoms with E-state index in [1.54, 1.807) is 11.8 Å². The Labute approximate surface area is 78.9 Å². The second kappa shape index (κ2) is 6.31. The summed E-state index contributed by atoms with van der Waals surface area (Å²) in [6, 6.07) is 0.236. The van der Waals surface area contributed by atoms with Crippen LogP contribution in [0.5, 0.6) is 0 Å². The summed E-state index contributed by atoms with van der Waals surface area (Å²) >= 11 is 1.72. The molecule has 12 heavy (non-hydrogen) atoms. The molecule has 0 aliphatic rings. The average molecular weight is 190 g/mol. The number of nitrogens with zero attached hydrogens (tertiary/aromatic N) is 1. The minimum Gasteiger partial charge on any atom is -0.353 e. The fourth-order valence-electron chi connectivity index (χ4n) is 0.879. The normalized spacial score (nSPS) is 10.8. The number of amides is 1. The topological polar surface area (TPSA) is 32.3 Å². The van der Waals surface area contributed by atoms with Crippen LogP contribution in [0, 0.1) is 0 Å². The Hall–Kier alpha value is -0.220. The molecule has 0 saturated carbocycles. The Morgan fingerprint density at radius 1 is 1.58 bits per heavy atom. The second-order valence-corrected chi connectivity index (χ2v) is 3.99. The van der Waals surface area contributed by atoms with Gasteiger partial charge in [-0.05, 0) is 27.2 Å². The van der Waals surface area contributed by atoms with E-state index in [2.05, 4.69) is 5.32 Å². The van der Waals surface area contributed by atoms with E-state index in [-0.39, 0.29) is 11.9 Å². The number of thioether (sulfide) groups is 1. The molecule has 0 aliphatic carbocycles. The first-order valence-corrected chi connectivity index (χ1v) is 5.42. The van der Waals surface area contributed by atoms with Crippen molar-refractivity contribution in [1.82, 2.24) is 10.2 Å². The van der Waals surface area contributed by atoms with Crippen molar-refractivity contribution in [2.45, 2.75) is 19.9 Å². The van der Waals surface area contributed by atoms with Gasteiger partial charge in [-0.15, -0.1) is 11.8 Å². The highest BCUT2D eigenvalue weighted by molar-refractivity contribution is 7.98. The summed E-state index contributed by atoms with van der Waals surface area (Å²) in [5.74, 6) is 0.993. The summed E-state index contributed by atoms with van der Waals surface area (Å²) in [5.41, 5.74) is 0. The van der Waals surface area contributed by atoms with Crippen LogP contribution in [-0.4, -0.2) is 42.6 Å². The van der Waals surface area contributed by atoms with Crippen LogP contribution < -0.4 is 5.32 Å². The Morgan fingerprint density at radius 3 is 2.58 bits per heavy atom. The van der Waals surface area contributed by atoms with E-state index in [9.17, 15) is 4.79 Å². The molecule has 4 heteroatoms. The maximum absolute atomic E-state index is 11.2. The van der Waals surface area contributed by atoms with E-state index in [0.29, 0.717) is 6.54 Å². The van der Waals surface area contributed by atoms with Crippen LogP contribution in [0.25, 0.3) is 0 Å². The number of carbonyl (C=O) groups is 1. The first-order chi connectivity index (χ1) is 5.56. The maximum Gasteiger partial charge on any atom is 0.234 e. The summed E-state index contributed by atoms with van der Waals surface area (Å²) in [7, 11) is 1.94. The lowest BCUT2D eigenvalue weighted by Gasteiger charge is -2.15. The van der Waals surface area contributed by atoms with Crippen LogP contribution >= 0.6 is 11.8 Å². The molecule has 0 spiro atoms. The maximum atomic E-state index is 11.2. The first-order valence-electron chi connectivity index (χ1n) is 4.03. The number of hydrogen-bond donors (Lipinski definition) is 1. The Bertz CT molecular complexity index is 139. The fourth-order valence-corrected chi connectivity index (χ4v) is 1.41. The molecule has 0 aromatic rings. The lowest BCUT2D eigenvalue weighted by molar-refractivity contribution is -0.122. The van der Waals surface area contributed by atoms with Crippen molar-refractivity contribution in [2.24, 2.45) is 0 Å². The SMILES string of the molecule is CSCN(C)CC(=O)NC(C)C. The summed E-state index contributed by atoms with van der Waals surface area (Å²) in [6.07, 6.45) is 2.02. The highest BCUT2D eigenvalue weighted by Crippen LogP contribution is 1.94. The first kappa shape index (κ1) is 11.8. The molecular formula is C8H18N2OS. The van der Waals surface area contributed by atoms with Gasteiger partial charge < -0.3 is 5.32 Å². The zero-order chi connectivity index (χ0) is 9.56. The van der Waals surface area contributed by atoms with Gasteiger partial charge in [-0.25, -0.2) is 0 Å². The molecule has 0 fully saturated rings. The van der Waals surface area contributed by atoms with E-state index < -0.39 is 0 Å². The third kappa shape index (κ3) is 6.49. The molecule has 1 N–H and O–H groups in total. The van der Waals surface area contributed by atoms with Gasteiger partial charge in [-0.3, -0.25) is 9.69 Å². The summed E-state index contributed by atoms with van der Waals surface area (Å²) in [4.78, 5) is 13.2. The lowest BCUT2D eigenvalue weighted by atomic mass is 10.4. The summed E-state index contributed by atoms with van der Waals surface area (Å²) in [6.45, 7) is 4.41. The van der Waals surface area contributed by atoms with E-state index in [4.69, 9.17) is 0 Å². The molecule has 0 radical (unpaired) electrons. The van der Waals surface area contributed by atoms with Gasteiger partial charge in [0.1, 0.15) is 0 Å². The van der Waals surface area contributed by atoms with Crippen LogP contribution in [-0.2, 0) is 4.79 Å². The molecule has 0 aromatic heterocycles. The number of likely N-dealkylation sites (N-methyl/N-ethyl adjacent to an activating group) is 1. The predicted molar refractivity (Wildman–Crippen MR) is 54.3 cm³/mol. The highest BCUT2D eigenvalue weighted by atomic mass is 32.2. The van der Waals surface area contributed by atoms with Crippen molar-refractivity contribution < 1.29 is 4.79 Å². The molecule has 0 unspecified atom stereocenters. The Balaban J connectivity index is 3.54. The monoisotopic (exact) mass is 190 g/mol. The van der Waals surface area contributed by atoms with Gasteiger partial charge in [-0.2, -0.15) is 0 Å². The van der Waals surface area contributed by atoms with Gasteiger partial charge >= 0.3 is 0 Å². The molecule has 0 aromatic carbocycles. The van der Waals surface area contributed by atoms with Crippen molar-refractivity contribution in [3.8, 4) is 0 Å². The quantitative estimate of drug-likeness (QED) is 0.650. The van der Waals surface area contributed by atoms with Crippen LogP contribution in [0.2, 0.25) is 0 Å². The van der Waals surface area contributed by atoms with Crippen molar-refractivity contribution in [3.63, 3.8) is 0 Å². The summed E-state index contributed by atoms with van der Waals surface area (Å²) in [5, 5.41) is 2.84. The van der Waals surface area contributed by atoms with Crippen LogP contribution in [0.3, 0.4) is 0 Å². The third-order valence-corrected chi connectivity index (χ3v) is 1.91. The van der Waals surface area contributed by atoms with Crippen molar-refractivity contribution >= 4 is 17.7 Å². The highest BCUT2D eigenvalue weighted by Gasteiger charge is 2.05. The molecule has 3 nitrogen and oxygen atoms in total.